The molecule has 2 N–H and O–H groups in total. The topological polar surface area (TPSA) is 75.6 Å². The summed E-state index contributed by atoms with van der Waals surface area (Å²) < 4.78 is 5.11. The molecular formula is C17H23NO4S. The lowest BCUT2D eigenvalue weighted by atomic mass is 9.86. The quantitative estimate of drug-likeness (QED) is 0.748. The summed E-state index contributed by atoms with van der Waals surface area (Å²) >= 11 is 1.64. The summed E-state index contributed by atoms with van der Waals surface area (Å²) in [5.41, 5.74) is 0. The van der Waals surface area contributed by atoms with Crippen LogP contribution in [0, 0.1) is 5.92 Å². The van der Waals surface area contributed by atoms with Gasteiger partial charge in [-0.05, 0) is 49.9 Å². The average molecular weight is 337 g/mol. The van der Waals surface area contributed by atoms with E-state index in [0.29, 0.717) is 19.3 Å². The van der Waals surface area contributed by atoms with Crippen LogP contribution in [-0.4, -0.2) is 35.9 Å². The summed E-state index contributed by atoms with van der Waals surface area (Å²) in [4.78, 5) is 24.0. The van der Waals surface area contributed by atoms with Crippen molar-refractivity contribution in [2.75, 3.05) is 12.9 Å². The molecule has 1 aliphatic rings. The predicted octanol–water partition coefficient (Wildman–Crippen LogP) is 2.94. The van der Waals surface area contributed by atoms with Crippen LogP contribution < -0.4 is 10.1 Å². The highest BCUT2D eigenvalue weighted by Gasteiger charge is 2.26. The van der Waals surface area contributed by atoms with Gasteiger partial charge in [-0.1, -0.05) is 0 Å². The van der Waals surface area contributed by atoms with Gasteiger partial charge in [0.2, 0.25) is 5.91 Å². The standard InChI is InChI=1S/C17H23NO4S/c1-22-14-6-8-15(9-7-14)23-11-10-16(19)18-13-4-2-12(3-5-13)17(20)21/h6-9,12-13H,2-5,10-11H2,1H3,(H,18,19)(H,20,21). The van der Waals surface area contributed by atoms with Crippen molar-refractivity contribution in [3.8, 4) is 5.75 Å². The molecule has 2 rings (SSSR count). The second-order valence-corrected chi connectivity index (χ2v) is 6.90. The van der Waals surface area contributed by atoms with E-state index >= 15 is 0 Å². The molecule has 126 valence electrons. The zero-order valence-corrected chi connectivity index (χ0v) is 14.1. The summed E-state index contributed by atoms with van der Waals surface area (Å²) in [5, 5.41) is 12.0. The molecule has 1 aromatic carbocycles. The van der Waals surface area contributed by atoms with Crippen LogP contribution in [0.25, 0.3) is 0 Å². The third-order valence-corrected chi connectivity index (χ3v) is 5.11. The minimum atomic E-state index is -0.717. The Labute approximate surface area is 140 Å². The number of hydrogen-bond acceptors (Lipinski definition) is 4. The van der Waals surface area contributed by atoms with Crippen molar-refractivity contribution < 1.29 is 19.4 Å². The zero-order chi connectivity index (χ0) is 16.7. The monoisotopic (exact) mass is 337 g/mol. The first-order chi connectivity index (χ1) is 11.1. The number of rotatable bonds is 7. The van der Waals surface area contributed by atoms with Crippen molar-refractivity contribution >= 4 is 23.6 Å². The Balaban J connectivity index is 1.64. The summed E-state index contributed by atoms with van der Waals surface area (Å²) in [6.07, 6.45) is 3.29. The van der Waals surface area contributed by atoms with Crippen molar-refractivity contribution in [3.63, 3.8) is 0 Å². The number of carboxylic acids is 1. The number of nitrogens with one attached hydrogen (secondary N) is 1. The van der Waals surface area contributed by atoms with E-state index in [9.17, 15) is 9.59 Å². The lowest BCUT2D eigenvalue weighted by molar-refractivity contribution is -0.142. The molecule has 0 heterocycles. The molecule has 0 aromatic heterocycles. The van der Waals surface area contributed by atoms with Crippen LogP contribution >= 0.6 is 11.8 Å². The molecule has 1 aliphatic carbocycles. The van der Waals surface area contributed by atoms with Crippen LogP contribution in [0.4, 0.5) is 0 Å². The van der Waals surface area contributed by atoms with Crippen LogP contribution in [0.2, 0.25) is 0 Å². The maximum absolute atomic E-state index is 12.0. The van der Waals surface area contributed by atoms with E-state index in [1.54, 1.807) is 18.9 Å². The number of hydrogen-bond donors (Lipinski definition) is 2. The lowest BCUT2D eigenvalue weighted by Gasteiger charge is -2.26. The summed E-state index contributed by atoms with van der Waals surface area (Å²) in [6, 6.07) is 7.90. The van der Waals surface area contributed by atoms with E-state index in [-0.39, 0.29) is 17.9 Å². The highest BCUT2D eigenvalue weighted by atomic mass is 32.2. The average Bonchev–Trinajstić information content (AvgIpc) is 2.56. The van der Waals surface area contributed by atoms with E-state index in [1.807, 2.05) is 24.3 Å². The van der Waals surface area contributed by atoms with Gasteiger partial charge in [-0.2, -0.15) is 0 Å². The Bertz CT molecular complexity index is 524. The van der Waals surface area contributed by atoms with Crippen molar-refractivity contribution in [3.05, 3.63) is 24.3 Å². The molecule has 5 nitrogen and oxygen atoms in total. The number of carbonyl (C=O) groups is 2. The number of amides is 1. The molecule has 0 saturated heterocycles. The number of ether oxygens (including phenoxy) is 1. The maximum atomic E-state index is 12.0. The van der Waals surface area contributed by atoms with Crippen molar-refractivity contribution in [1.29, 1.82) is 0 Å². The molecule has 23 heavy (non-hydrogen) atoms. The van der Waals surface area contributed by atoms with Crippen LogP contribution in [-0.2, 0) is 9.59 Å². The molecule has 6 heteroatoms. The van der Waals surface area contributed by atoms with Crippen LogP contribution in [0.5, 0.6) is 5.75 Å². The highest BCUT2D eigenvalue weighted by molar-refractivity contribution is 7.99. The van der Waals surface area contributed by atoms with Crippen LogP contribution in [0.1, 0.15) is 32.1 Å². The summed E-state index contributed by atoms with van der Waals surface area (Å²) in [6.45, 7) is 0. The normalized spacial score (nSPS) is 20.7. The number of carbonyl (C=O) groups excluding carboxylic acids is 1. The number of thioether (sulfide) groups is 1. The summed E-state index contributed by atoms with van der Waals surface area (Å²) in [7, 11) is 1.64. The first kappa shape index (κ1) is 17.7. The van der Waals surface area contributed by atoms with Crippen molar-refractivity contribution in [2.24, 2.45) is 5.92 Å². The zero-order valence-electron chi connectivity index (χ0n) is 13.3. The van der Waals surface area contributed by atoms with E-state index in [4.69, 9.17) is 9.84 Å². The van der Waals surface area contributed by atoms with E-state index in [2.05, 4.69) is 5.32 Å². The van der Waals surface area contributed by atoms with Gasteiger partial charge in [0.1, 0.15) is 5.75 Å². The van der Waals surface area contributed by atoms with Crippen molar-refractivity contribution in [1.82, 2.24) is 5.32 Å². The van der Waals surface area contributed by atoms with Gasteiger partial charge in [-0.3, -0.25) is 9.59 Å². The second-order valence-electron chi connectivity index (χ2n) is 5.73. The number of benzene rings is 1. The van der Waals surface area contributed by atoms with E-state index < -0.39 is 5.97 Å². The molecule has 0 bridgehead atoms. The Morgan fingerprint density at radius 3 is 2.43 bits per heavy atom. The minimum Gasteiger partial charge on any atom is -0.497 e. The number of aliphatic carboxylic acids is 1. The Morgan fingerprint density at radius 1 is 1.22 bits per heavy atom. The molecule has 0 unspecified atom stereocenters. The fraction of sp³-hybridized carbons (Fsp3) is 0.529. The summed E-state index contributed by atoms with van der Waals surface area (Å²) in [5.74, 6) is 0.635. The van der Waals surface area contributed by atoms with Crippen molar-refractivity contribution in [2.45, 2.75) is 43.0 Å². The van der Waals surface area contributed by atoms with Gasteiger partial charge in [0.05, 0.1) is 13.0 Å². The van der Waals surface area contributed by atoms with Gasteiger partial charge < -0.3 is 15.2 Å². The molecule has 1 saturated carbocycles. The van der Waals surface area contributed by atoms with Gasteiger partial charge >= 0.3 is 5.97 Å². The van der Waals surface area contributed by atoms with Crippen LogP contribution in [0.3, 0.4) is 0 Å². The molecule has 0 aliphatic heterocycles. The molecule has 0 atom stereocenters. The molecule has 1 aromatic rings. The molecule has 1 fully saturated rings. The first-order valence-corrected chi connectivity index (χ1v) is 8.86. The van der Waals surface area contributed by atoms with E-state index in [1.165, 1.54) is 0 Å². The second kappa shape index (κ2) is 8.82. The predicted molar refractivity (Wildman–Crippen MR) is 89.9 cm³/mol. The minimum absolute atomic E-state index is 0.0461. The fourth-order valence-electron chi connectivity index (χ4n) is 2.72. The molecule has 0 spiro atoms. The van der Waals surface area contributed by atoms with Gasteiger partial charge in [0.25, 0.3) is 0 Å². The lowest BCUT2D eigenvalue weighted by Crippen LogP contribution is -2.38. The molecular weight excluding hydrogens is 314 g/mol. The maximum Gasteiger partial charge on any atom is 0.306 e. The SMILES string of the molecule is COc1ccc(SCCC(=O)NC2CCC(C(=O)O)CC2)cc1. The van der Waals surface area contributed by atoms with E-state index in [0.717, 1.165) is 29.2 Å². The number of carboxylic acid groups (broad SMARTS) is 1. The largest absolute Gasteiger partial charge is 0.497 e. The Morgan fingerprint density at radius 2 is 1.87 bits per heavy atom. The number of methoxy groups -OCH3 is 1. The highest BCUT2D eigenvalue weighted by Crippen LogP contribution is 2.25. The van der Waals surface area contributed by atoms with Gasteiger partial charge in [0.15, 0.2) is 0 Å². The van der Waals surface area contributed by atoms with Gasteiger partial charge in [0, 0.05) is 23.1 Å². The van der Waals surface area contributed by atoms with Gasteiger partial charge in [-0.25, -0.2) is 0 Å². The first-order valence-electron chi connectivity index (χ1n) is 7.87. The Hall–Kier alpha value is -1.69. The third-order valence-electron chi connectivity index (χ3n) is 4.10. The third kappa shape index (κ3) is 5.78. The smallest absolute Gasteiger partial charge is 0.306 e. The van der Waals surface area contributed by atoms with Crippen LogP contribution in [0.15, 0.2) is 29.2 Å². The van der Waals surface area contributed by atoms with Gasteiger partial charge in [-0.15, -0.1) is 11.8 Å². The molecule has 0 radical (unpaired) electrons. The fourth-order valence-corrected chi connectivity index (χ4v) is 3.57. The molecule has 1 amide bonds. The Kier molecular flexibility index (Phi) is 6.77.